The van der Waals surface area contributed by atoms with Crippen molar-refractivity contribution in [1.29, 1.82) is 0 Å². The molecule has 0 unspecified atom stereocenters. The number of carbonyl (C=O) groups is 1. The van der Waals surface area contributed by atoms with Crippen LogP contribution in [0.1, 0.15) is 87.0 Å². The Morgan fingerprint density at radius 3 is 2.71 bits per heavy atom. The van der Waals surface area contributed by atoms with Crippen LogP contribution in [0.3, 0.4) is 0 Å². The van der Waals surface area contributed by atoms with Crippen LogP contribution in [-0.4, -0.2) is 50.3 Å². The van der Waals surface area contributed by atoms with Crippen LogP contribution in [0.15, 0.2) is 27.5 Å². The summed E-state index contributed by atoms with van der Waals surface area (Å²) in [5.74, 6) is 0.292. The zero-order valence-corrected chi connectivity index (χ0v) is 22.5. The highest BCUT2D eigenvalue weighted by atomic mass is 19.1. The number of piperidine rings is 1. The molecule has 1 saturated heterocycles. The van der Waals surface area contributed by atoms with Gasteiger partial charge in [0.25, 0.3) is 5.56 Å². The molecule has 38 heavy (non-hydrogen) atoms. The monoisotopic (exact) mass is 526 g/mol. The van der Waals surface area contributed by atoms with Gasteiger partial charge in [-0.3, -0.25) is 14.2 Å². The minimum absolute atomic E-state index is 0.161. The summed E-state index contributed by atoms with van der Waals surface area (Å²) in [7, 11) is 0. The molecule has 0 aliphatic carbocycles. The lowest BCUT2D eigenvalue weighted by Gasteiger charge is -2.31. The van der Waals surface area contributed by atoms with E-state index in [9.17, 15) is 14.0 Å². The molecule has 2 aliphatic rings. The van der Waals surface area contributed by atoms with Crippen molar-refractivity contribution in [1.82, 2.24) is 19.6 Å². The number of likely N-dealkylation sites (tertiary alicyclic amines) is 1. The fraction of sp³-hybridized carbons (Fsp3) is 0.586. The number of unbranched alkanes of at least 4 members (excludes halogenated alkanes) is 2. The van der Waals surface area contributed by atoms with Crippen LogP contribution < -0.4 is 5.56 Å². The summed E-state index contributed by atoms with van der Waals surface area (Å²) in [4.78, 5) is 29.9. The molecular weight excluding hydrogens is 487 g/mol. The highest BCUT2D eigenvalue weighted by Crippen LogP contribution is 2.32. The van der Waals surface area contributed by atoms with Gasteiger partial charge in [0.15, 0.2) is 5.58 Å². The summed E-state index contributed by atoms with van der Waals surface area (Å²) in [5.41, 5.74) is 3.38. The number of aryl methyl sites for hydroxylation is 2. The summed E-state index contributed by atoms with van der Waals surface area (Å²) in [5, 5.41) is 13.3. The molecule has 4 heterocycles. The van der Waals surface area contributed by atoms with Gasteiger partial charge in [0.2, 0.25) is 0 Å². The van der Waals surface area contributed by atoms with Gasteiger partial charge in [-0.15, -0.1) is 0 Å². The molecule has 2 aromatic heterocycles. The third kappa shape index (κ3) is 6.87. The molecule has 0 spiro atoms. The molecular formula is C29H39FN4O4. The molecule has 1 aromatic carbocycles. The van der Waals surface area contributed by atoms with Crippen LogP contribution in [0.2, 0.25) is 0 Å². The first-order valence-electron chi connectivity index (χ1n) is 14.0. The first-order valence-corrected chi connectivity index (χ1v) is 14.0. The molecule has 2 aliphatic heterocycles. The molecule has 8 nitrogen and oxygen atoms in total. The molecule has 5 rings (SSSR count). The van der Waals surface area contributed by atoms with Gasteiger partial charge >= 0.3 is 5.97 Å². The Bertz CT molecular complexity index is 1290. The Hall–Kier alpha value is -3.07. The maximum absolute atomic E-state index is 13.4. The van der Waals surface area contributed by atoms with Crippen LogP contribution in [0.25, 0.3) is 11.0 Å². The number of rotatable bonds is 8. The number of hydrogen-bond donors (Lipinski definition) is 1. The van der Waals surface area contributed by atoms with Gasteiger partial charge in [0.05, 0.1) is 5.69 Å². The summed E-state index contributed by atoms with van der Waals surface area (Å²) in [6.45, 7) is 7.61. The molecule has 1 N–H and O–H groups in total. The van der Waals surface area contributed by atoms with Gasteiger partial charge in [0.1, 0.15) is 11.6 Å². The lowest BCUT2D eigenvalue weighted by molar-refractivity contribution is -0.137. The lowest BCUT2D eigenvalue weighted by atomic mass is 9.91. The molecule has 9 heteroatoms. The molecule has 0 atom stereocenters. The average Bonchev–Trinajstić information content (AvgIpc) is 3.32. The van der Waals surface area contributed by atoms with Crippen LogP contribution in [-0.2, 0) is 24.2 Å². The van der Waals surface area contributed by atoms with Crippen molar-refractivity contribution in [2.24, 2.45) is 0 Å². The number of carboxylic acid groups (broad SMARTS) is 1. The normalized spacial score (nSPS) is 16.2. The number of aliphatic carboxylic acids is 1. The van der Waals surface area contributed by atoms with E-state index in [2.05, 4.69) is 17.0 Å². The molecule has 206 valence electrons. The quantitative estimate of drug-likeness (QED) is 0.401. The Kier molecular flexibility index (Phi) is 9.66. The van der Waals surface area contributed by atoms with E-state index in [4.69, 9.17) is 14.6 Å². The average molecular weight is 527 g/mol. The van der Waals surface area contributed by atoms with E-state index in [1.54, 1.807) is 6.07 Å². The van der Waals surface area contributed by atoms with E-state index < -0.39 is 5.97 Å². The van der Waals surface area contributed by atoms with Gasteiger partial charge < -0.3 is 14.5 Å². The van der Waals surface area contributed by atoms with Crippen LogP contribution in [0.4, 0.5) is 4.39 Å². The number of hydrogen-bond acceptors (Lipinski definition) is 6. The second-order valence-electron chi connectivity index (χ2n) is 10.4. The van der Waals surface area contributed by atoms with Crippen molar-refractivity contribution in [2.75, 3.05) is 19.6 Å². The first kappa shape index (κ1) is 28.0. The maximum Gasteiger partial charge on any atom is 0.303 e. The summed E-state index contributed by atoms with van der Waals surface area (Å²) in [6, 6.07) is 4.63. The Balaban J connectivity index is 0.000000368. The Labute approximate surface area is 222 Å². The largest absolute Gasteiger partial charge is 0.481 e. The van der Waals surface area contributed by atoms with E-state index in [-0.39, 0.29) is 11.4 Å². The number of halogens is 1. The van der Waals surface area contributed by atoms with Crippen molar-refractivity contribution in [3.05, 3.63) is 57.1 Å². The second-order valence-corrected chi connectivity index (χ2v) is 10.4. The molecule has 0 bridgehead atoms. The van der Waals surface area contributed by atoms with E-state index in [1.165, 1.54) is 12.1 Å². The fourth-order valence-corrected chi connectivity index (χ4v) is 5.47. The minimum atomic E-state index is -0.682. The maximum atomic E-state index is 13.4. The summed E-state index contributed by atoms with van der Waals surface area (Å²) < 4.78 is 20.6. The van der Waals surface area contributed by atoms with E-state index >= 15 is 0 Å². The van der Waals surface area contributed by atoms with E-state index in [1.807, 2.05) is 11.5 Å². The SMILES string of the molecule is CCCCCC(=O)O.Cc1nc2n(c(=O)c1CCN1CCC(c3noc4cc(F)ccc34)CC1)CCCC2. The topological polar surface area (TPSA) is 101 Å². The van der Waals surface area contributed by atoms with Crippen molar-refractivity contribution < 1.29 is 18.8 Å². The van der Waals surface area contributed by atoms with Gasteiger partial charge in [-0.1, -0.05) is 24.9 Å². The van der Waals surface area contributed by atoms with Crippen molar-refractivity contribution >= 4 is 16.9 Å². The van der Waals surface area contributed by atoms with Crippen LogP contribution in [0.5, 0.6) is 0 Å². The molecule has 0 saturated carbocycles. The van der Waals surface area contributed by atoms with Gasteiger partial charge in [-0.05, 0) is 70.7 Å². The summed E-state index contributed by atoms with van der Waals surface area (Å²) >= 11 is 0. The second kappa shape index (κ2) is 13.1. The predicted molar refractivity (Wildman–Crippen MR) is 144 cm³/mol. The molecule has 0 radical (unpaired) electrons. The van der Waals surface area contributed by atoms with Gasteiger partial charge in [0, 0.05) is 54.6 Å². The third-order valence-electron chi connectivity index (χ3n) is 7.69. The number of nitrogens with zero attached hydrogens (tertiary/aromatic N) is 4. The zero-order valence-electron chi connectivity index (χ0n) is 22.5. The third-order valence-corrected chi connectivity index (χ3v) is 7.69. The standard InChI is InChI=1S/C23H27FN4O2.C6H12O2/c1-15-18(23(29)28-10-3-2-4-21(28)25-15)9-13-27-11-7-16(8-12-27)22-19-6-5-17(24)14-20(19)30-26-22;1-2-3-4-5-6(7)8/h5-6,14,16H,2-4,7-13H2,1H3;2-5H2,1H3,(H,7,8). The fourth-order valence-electron chi connectivity index (χ4n) is 5.47. The highest BCUT2D eigenvalue weighted by Gasteiger charge is 2.25. The predicted octanol–water partition coefficient (Wildman–Crippen LogP) is 5.24. The zero-order chi connectivity index (χ0) is 27.1. The highest BCUT2D eigenvalue weighted by molar-refractivity contribution is 5.79. The summed E-state index contributed by atoms with van der Waals surface area (Å²) in [6.07, 6.45) is 9.09. The molecule has 1 fully saturated rings. The number of benzene rings is 1. The Morgan fingerprint density at radius 2 is 1.97 bits per heavy atom. The van der Waals surface area contributed by atoms with Crippen LogP contribution in [0, 0.1) is 12.7 Å². The number of carboxylic acids is 1. The lowest BCUT2D eigenvalue weighted by Crippen LogP contribution is -2.37. The van der Waals surface area contributed by atoms with E-state index in [0.29, 0.717) is 17.9 Å². The Morgan fingerprint density at radius 1 is 1.18 bits per heavy atom. The number of aromatic nitrogens is 3. The number of fused-ring (bicyclic) bond motifs is 2. The van der Waals surface area contributed by atoms with Gasteiger partial charge in [-0.2, -0.15) is 0 Å². The molecule has 0 amide bonds. The van der Waals surface area contributed by atoms with E-state index in [0.717, 1.165) is 112 Å². The smallest absolute Gasteiger partial charge is 0.303 e. The molecule has 3 aromatic rings. The first-order chi connectivity index (χ1) is 18.4. The van der Waals surface area contributed by atoms with Crippen molar-refractivity contribution in [2.45, 2.75) is 90.5 Å². The van der Waals surface area contributed by atoms with Crippen LogP contribution >= 0.6 is 0 Å². The van der Waals surface area contributed by atoms with Crippen molar-refractivity contribution in [3.63, 3.8) is 0 Å². The van der Waals surface area contributed by atoms with Gasteiger partial charge in [-0.25, -0.2) is 9.37 Å². The van der Waals surface area contributed by atoms with Crippen molar-refractivity contribution in [3.8, 4) is 0 Å². The minimum Gasteiger partial charge on any atom is -0.481 e.